The van der Waals surface area contributed by atoms with E-state index in [1.54, 1.807) is 12.1 Å². The molecule has 2 aromatic carbocycles. The third-order valence-corrected chi connectivity index (χ3v) is 4.36. The zero-order valence-corrected chi connectivity index (χ0v) is 11.3. The predicted octanol–water partition coefficient (Wildman–Crippen LogP) is 1.64. The molecule has 0 bridgehead atoms. The number of benzene rings is 2. The Balaban J connectivity index is 2.37. The summed E-state index contributed by atoms with van der Waals surface area (Å²) in [7, 11) is -4.52. The number of hydrogen-bond donors (Lipinski definition) is 1. The lowest BCUT2D eigenvalue weighted by Gasteiger charge is -2.19. The van der Waals surface area contributed by atoms with Gasteiger partial charge in [0.1, 0.15) is 4.90 Å². The molecule has 106 valence electrons. The Bertz CT molecular complexity index is 882. The summed E-state index contributed by atoms with van der Waals surface area (Å²) >= 11 is 0. The lowest BCUT2D eigenvalue weighted by atomic mass is 9.84. The molecule has 0 aliphatic heterocycles. The molecule has 0 heterocycles. The van der Waals surface area contributed by atoms with Gasteiger partial charge in [0.2, 0.25) is 0 Å². The summed E-state index contributed by atoms with van der Waals surface area (Å²) in [5, 5.41) is 8.51. The second kappa shape index (κ2) is 4.59. The van der Waals surface area contributed by atoms with Crippen molar-refractivity contribution in [3.63, 3.8) is 0 Å². The van der Waals surface area contributed by atoms with E-state index in [0.717, 1.165) is 6.07 Å². The van der Waals surface area contributed by atoms with E-state index in [1.807, 2.05) is 0 Å². The van der Waals surface area contributed by atoms with Gasteiger partial charge in [-0.3, -0.25) is 9.59 Å². The minimum Gasteiger partial charge on any atom is -0.289 e. The summed E-state index contributed by atoms with van der Waals surface area (Å²) < 4.78 is 26.9. The lowest BCUT2D eigenvalue weighted by Crippen LogP contribution is -2.24. The highest BCUT2D eigenvalue weighted by atomic mass is 32.2. The molecular formula is C14H8O6S. The van der Waals surface area contributed by atoms with Gasteiger partial charge in [-0.1, -0.05) is 36.4 Å². The smallest absolute Gasteiger partial charge is 0.289 e. The van der Waals surface area contributed by atoms with Crippen LogP contribution in [0.25, 0.3) is 0 Å². The molecule has 7 heteroatoms. The number of ketones is 2. The number of rotatable bonds is 2. The topological polar surface area (TPSA) is 97.7 Å². The van der Waals surface area contributed by atoms with Crippen LogP contribution in [0.2, 0.25) is 0 Å². The highest BCUT2D eigenvalue weighted by Gasteiger charge is 2.35. The Hall–Kier alpha value is -2.35. The van der Waals surface area contributed by atoms with Gasteiger partial charge in [0.15, 0.2) is 11.6 Å². The van der Waals surface area contributed by atoms with E-state index in [0.29, 0.717) is 0 Å². The van der Waals surface area contributed by atoms with Gasteiger partial charge in [-0.15, -0.1) is 4.33 Å². The van der Waals surface area contributed by atoms with E-state index >= 15 is 0 Å². The van der Waals surface area contributed by atoms with E-state index in [2.05, 4.69) is 4.33 Å². The fraction of sp³-hybridized carbons (Fsp3) is 0. The summed E-state index contributed by atoms with van der Waals surface area (Å²) in [6.07, 6.45) is 0. The Morgan fingerprint density at radius 2 is 1.38 bits per heavy atom. The van der Waals surface area contributed by atoms with Gasteiger partial charge >= 0.3 is 10.1 Å². The molecular weight excluding hydrogens is 296 g/mol. The molecule has 2 aromatic rings. The minimum atomic E-state index is -4.52. The molecule has 0 unspecified atom stereocenters. The van der Waals surface area contributed by atoms with Crippen LogP contribution >= 0.6 is 0 Å². The summed E-state index contributed by atoms with van der Waals surface area (Å²) in [5.74, 6) is -1.05. The van der Waals surface area contributed by atoms with Crippen LogP contribution in [0.15, 0.2) is 47.4 Å². The zero-order valence-electron chi connectivity index (χ0n) is 10.4. The molecule has 0 saturated carbocycles. The van der Waals surface area contributed by atoms with Crippen molar-refractivity contribution in [3.8, 4) is 0 Å². The maximum Gasteiger partial charge on any atom is 0.323 e. The fourth-order valence-electron chi connectivity index (χ4n) is 2.36. The van der Waals surface area contributed by atoms with Gasteiger partial charge in [-0.25, -0.2) is 5.26 Å². The van der Waals surface area contributed by atoms with Gasteiger partial charge in [0.05, 0.1) is 5.56 Å². The largest absolute Gasteiger partial charge is 0.323 e. The van der Waals surface area contributed by atoms with Gasteiger partial charge in [-0.05, 0) is 6.07 Å². The molecule has 0 atom stereocenters. The Kier molecular flexibility index (Phi) is 2.98. The third-order valence-electron chi connectivity index (χ3n) is 3.28. The highest BCUT2D eigenvalue weighted by Crippen LogP contribution is 2.31. The van der Waals surface area contributed by atoms with Crippen LogP contribution in [0.5, 0.6) is 0 Å². The SMILES string of the molecule is O=C1c2ccccc2C(=O)c2c1cccc2S(=O)(=O)OO. The summed E-state index contributed by atoms with van der Waals surface area (Å²) in [4.78, 5) is 24.3. The molecule has 0 aromatic heterocycles. The predicted molar refractivity (Wildman–Crippen MR) is 70.6 cm³/mol. The minimum absolute atomic E-state index is 0.0307. The van der Waals surface area contributed by atoms with E-state index in [4.69, 9.17) is 5.26 Å². The molecule has 0 radical (unpaired) electrons. The molecule has 0 saturated heterocycles. The standard InChI is InChI=1S/C14H8O6S/c15-13-8-4-1-2-5-9(8)14(16)12-10(13)6-3-7-11(12)21(18,19)20-17/h1-7,17H. The van der Waals surface area contributed by atoms with Gasteiger partial charge in [0.25, 0.3) is 0 Å². The number of hydrogen-bond acceptors (Lipinski definition) is 6. The van der Waals surface area contributed by atoms with Gasteiger partial charge in [-0.2, -0.15) is 8.42 Å². The van der Waals surface area contributed by atoms with E-state index in [9.17, 15) is 18.0 Å². The molecule has 1 aliphatic rings. The fourth-order valence-corrected chi connectivity index (χ4v) is 3.14. The molecule has 0 amide bonds. The first-order chi connectivity index (χ1) is 9.97. The van der Waals surface area contributed by atoms with Crippen molar-refractivity contribution in [2.75, 3.05) is 0 Å². The maximum absolute atomic E-state index is 12.5. The monoisotopic (exact) mass is 304 g/mol. The van der Waals surface area contributed by atoms with Crippen LogP contribution in [0, 0.1) is 0 Å². The second-order valence-corrected chi connectivity index (χ2v) is 5.91. The quantitative estimate of drug-likeness (QED) is 0.571. The second-order valence-electron chi connectivity index (χ2n) is 4.41. The van der Waals surface area contributed by atoms with E-state index < -0.39 is 26.6 Å². The molecule has 1 N–H and O–H groups in total. The van der Waals surface area contributed by atoms with Crippen LogP contribution in [-0.2, 0) is 14.5 Å². The molecule has 6 nitrogen and oxygen atoms in total. The Morgan fingerprint density at radius 3 is 2.00 bits per heavy atom. The van der Waals surface area contributed by atoms with Gasteiger partial charge in [0, 0.05) is 16.7 Å². The van der Waals surface area contributed by atoms with Crippen LogP contribution in [0.1, 0.15) is 31.8 Å². The van der Waals surface area contributed by atoms with Crippen LogP contribution in [0.3, 0.4) is 0 Å². The van der Waals surface area contributed by atoms with E-state index in [-0.39, 0.29) is 22.3 Å². The highest BCUT2D eigenvalue weighted by molar-refractivity contribution is 7.86. The average Bonchev–Trinajstić information content (AvgIpc) is 2.52. The van der Waals surface area contributed by atoms with Crippen LogP contribution in [0.4, 0.5) is 0 Å². The maximum atomic E-state index is 12.5. The third kappa shape index (κ3) is 1.90. The average molecular weight is 304 g/mol. The first-order valence-electron chi connectivity index (χ1n) is 5.87. The molecule has 3 rings (SSSR count). The van der Waals surface area contributed by atoms with Crippen LogP contribution < -0.4 is 0 Å². The molecule has 0 fully saturated rings. The zero-order chi connectivity index (χ0) is 15.2. The van der Waals surface area contributed by atoms with Crippen molar-refractivity contribution >= 4 is 21.7 Å². The van der Waals surface area contributed by atoms with Crippen molar-refractivity contribution in [2.45, 2.75) is 4.90 Å². The molecule has 0 spiro atoms. The first-order valence-corrected chi connectivity index (χ1v) is 7.27. The summed E-state index contributed by atoms with van der Waals surface area (Å²) in [6.45, 7) is 0. The Morgan fingerprint density at radius 1 is 0.810 bits per heavy atom. The number of carbonyl (C=O) groups is 2. The summed E-state index contributed by atoms with van der Waals surface area (Å²) in [6, 6.07) is 9.92. The normalized spacial score (nSPS) is 13.8. The first kappa shape index (κ1) is 13.6. The van der Waals surface area contributed by atoms with Crippen molar-refractivity contribution in [1.82, 2.24) is 0 Å². The molecule has 21 heavy (non-hydrogen) atoms. The Labute approximate surface area is 119 Å². The number of fused-ring (bicyclic) bond motifs is 2. The van der Waals surface area contributed by atoms with Crippen molar-refractivity contribution < 1.29 is 27.6 Å². The number of carbonyl (C=O) groups excluding carboxylic acids is 2. The van der Waals surface area contributed by atoms with Crippen LogP contribution in [-0.4, -0.2) is 25.2 Å². The van der Waals surface area contributed by atoms with Crippen molar-refractivity contribution in [2.24, 2.45) is 0 Å². The summed E-state index contributed by atoms with van der Waals surface area (Å²) in [5.41, 5.74) is 0.0251. The van der Waals surface area contributed by atoms with E-state index in [1.165, 1.54) is 24.3 Å². The lowest BCUT2D eigenvalue weighted by molar-refractivity contribution is -0.130. The van der Waals surface area contributed by atoms with Gasteiger partial charge < -0.3 is 0 Å². The molecule has 1 aliphatic carbocycles. The van der Waals surface area contributed by atoms with Crippen molar-refractivity contribution in [1.29, 1.82) is 0 Å². The van der Waals surface area contributed by atoms with Crippen molar-refractivity contribution in [3.05, 3.63) is 64.7 Å².